The number of methoxy groups -OCH3 is 1. The van der Waals surface area contributed by atoms with E-state index < -0.39 is 0 Å². The molecule has 0 saturated heterocycles. The molecule has 0 radical (unpaired) electrons. The zero-order valence-electron chi connectivity index (χ0n) is 9.50. The summed E-state index contributed by atoms with van der Waals surface area (Å²) >= 11 is 2.13. The number of allylic oxidation sites excluding steroid dienone is 1. The van der Waals surface area contributed by atoms with Crippen LogP contribution in [0.5, 0.6) is 0 Å². The standard InChI is InChI=1S/C12H17IO3/c1-16-12(15)8-10(13)7-6-9-4-2-3-5-11(9)14/h8-9H,2-7H2,1H3/b10-8+. The highest BCUT2D eigenvalue weighted by Crippen LogP contribution is 2.27. The van der Waals surface area contributed by atoms with Gasteiger partial charge in [-0.2, -0.15) is 0 Å². The lowest BCUT2D eigenvalue weighted by Crippen LogP contribution is -2.18. The molecule has 1 aliphatic carbocycles. The van der Waals surface area contributed by atoms with Crippen molar-refractivity contribution in [2.75, 3.05) is 7.11 Å². The van der Waals surface area contributed by atoms with Gasteiger partial charge in [-0.15, -0.1) is 0 Å². The van der Waals surface area contributed by atoms with Crippen molar-refractivity contribution in [3.05, 3.63) is 9.66 Å². The Bertz CT molecular complexity index is 297. The summed E-state index contributed by atoms with van der Waals surface area (Å²) < 4.78 is 5.51. The number of ketones is 1. The quantitative estimate of drug-likeness (QED) is 0.450. The number of rotatable bonds is 4. The molecule has 0 aromatic heterocycles. The SMILES string of the molecule is COC(=O)/C=C(/I)CCC1CCCCC1=O. The lowest BCUT2D eigenvalue weighted by molar-refractivity contribution is -0.134. The summed E-state index contributed by atoms with van der Waals surface area (Å²) in [5, 5.41) is 0. The molecule has 1 aliphatic rings. The lowest BCUT2D eigenvalue weighted by atomic mass is 9.85. The second kappa shape index (κ2) is 7.04. The second-order valence-corrected chi connectivity index (χ2v) is 5.45. The number of ether oxygens (including phenoxy) is 1. The molecule has 0 spiro atoms. The first kappa shape index (κ1) is 13.7. The molecule has 90 valence electrons. The van der Waals surface area contributed by atoms with Crippen molar-refractivity contribution >= 4 is 34.3 Å². The van der Waals surface area contributed by atoms with Crippen LogP contribution in [0, 0.1) is 5.92 Å². The van der Waals surface area contributed by atoms with E-state index in [4.69, 9.17) is 0 Å². The Morgan fingerprint density at radius 3 is 2.94 bits per heavy atom. The maximum absolute atomic E-state index is 11.6. The average Bonchev–Trinajstić information content (AvgIpc) is 2.28. The molecule has 0 aromatic rings. The third-order valence-electron chi connectivity index (χ3n) is 2.89. The van der Waals surface area contributed by atoms with Gasteiger partial charge in [-0.25, -0.2) is 4.79 Å². The van der Waals surface area contributed by atoms with Crippen LogP contribution < -0.4 is 0 Å². The number of esters is 1. The largest absolute Gasteiger partial charge is 0.466 e. The van der Waals surface area contributed by atoms with E-state index in [1.54, 1.807) is 0 Å². The highest BCUT2D eigenvalue weighted by molar-refractivity contribution is 14.1. The fourth-order valence-electron chi connectivity index (χ4n) is 1.93. The number of carbonyl (C=O) groups excluding carboxylic acids is 2. The van der Waals surface area contributed by atoms with E-state index in [0.29, 0.717) is 5.78 Å². The van der Waals surface area contributed by atoms with Crippen LogP contribution >= 0.6 is 22.6 Å². The maximum Gasteiger partial charge on any atom is 0.331 e. The van der Waals surface area contributed by atoms with Gasteiger partial charge in [0.1, 0.15) is 5.78 Å². The summed E-state index contributed by atoms with van der Waals surface area (Å²) in [6, 6.07) is 0. The Hall–Kier alpha value is -0.390. The molecule has 1 saturated carbocycles. The molecule has 0 aromatic carbocycles. The average molecular weight is 336 g/mol. The molecular weight excluding hydrogens is 319 g/mol. The molecular formula is C12H17IO3. The van der Waals surface area contributed by atoms with Crippen LogP contribution in [0.4, 0.5) is 0 Å². The van der Waals surface area contributed by atoms with Crippen molar-refractivity contribution in [1.82, 2.24) is 0 Å². The minimum Gasteiger partial charge on any atom is -0.466 e. The summed E-state index contributed by atoms with van der Waals surface area (Å²) in [5.41, 5.74) is 0. The van der Waals surface area contributed by atoms with Gasteiger partial charge in [0.15, 0.2) is 0 Å². The van der Waals surface area contributed by atoms with E-state index in [1.165, 1.54) is 13.2 Å². The third kappa shape index (κ3) is 4.63. The fourth-order valence-corrected chi connectivity index (χ4v) is 2.50. The van der Waals surface area contributed by atoms with Gasteiger partial charge in [-0.3, -0.25) is 4.79 Å². The van der Waals surface area contributed by atoms with Gasteiger partial charge in [0, 0.05) is 18.4 Å². The van der Waals surface area contributed by atoms with Crippen molar-refractivity contribution in [3.63, 3.8) is 0 Å². The van der Waals surface area contributed by atoms with Crippen LogP contribution in [0.1, 0.15) is 38.5 Å². The Kier molecular flexibility index (Phi) is 6.01. The first-order valence-corrected chi connectivity index (χ1v) is 6.68. The van der Waals surface area contributed by atoms with Gasteiger partial charge < -0.3 is 4.74 Å². The first-order chi connectivity index (χ1) is 7.63. The van der Waals surface area contributed by atoms with Crippen LogP contribution in [0.2, 0.25) is 0 Å². The molecule has 1 atom stereocenters. The van der Waals surface area contributed by atoms with E-state index in [2.05, 4.69) is 27.3 Å². The topological polar surface area (TPSA) is 43.4 Å². The van der Waals surface area contributed by atoms with E-state index >= 15 is 0 Å². The summed E-state index contributed by atoms with van der Waals surface area (Å²) in [6.07, 6.45) is 7.12. The maximum atomic E-state index is 11.6. The number of Topliss-reactive ketones (excluding diaryl/α,β-unsaturated/α-hetero) is 1. The zero-order valence-corrected chi connectivity index (χ0v) is 11.7. The predicted octanol–water partition coefficient (Wildman–Crippen LogP) is 3.02. The zero-order chi connectivity index (χ0) is 12.0. The van der Waals surface area contributed by atoms with Crippen molar-refractivity contribution in [3.8, 4) is 0 Å². The number of hydrogen-bond acceptors (Lipinski definition) is 3. The summed E-state index contributed by atoms with van der Waals surface area (Å²) in [4.78, 5) is 22.5. The molecule has 0 heterocycles. The van der Waals surface area contributed by atoms with Crippen molar-refractivity contribution in [2.24, 2.45) is 5.92 Å². The summed E-state index contributed by atoms with van der Waals surface area (Å²) in [5.74, 6) is 0.289. The molecule has 0 amide bonds. The van der Waals surface area contributed by atoms with Gasteiger partial charge in [-0.05, 0) is 51.9 Å². The second-order valence-electron chi connectivity index (χ2n) is 4.06. The van der Waals surface area contributed by atoms with Crippen LogP contribution in [0.25, 0.3) is 0 Å². The molecule has 0 N–H and O–H groups in total. The Balaban J connectivity index is 2.35. The minimum atomic E-state index is -0.320. The Morgan fingerprint density at radius 1 is 1.56 bits per heavy atom. The Morgan fingerprint density at radius 2 is 2.31 bits per heavy atom. The van der Waals surface area contributed by atoms with Crippen LogP contribution in [0.3, 0.4) is 0 Å². The fraction of sp³-hybridized carbons (Fsp3) is 0.667. The minimum absolute atomic E-state index is 0.213. The molecule has 0 aliphatic heterocycles. The van der Waals surface area contributed by atoms with E-state index in [0.717, 1.165) is 42.1 Å². The predicted molar refractivity (Wildman–Crippen MR) is 70.3 cm³/mol. The smallest absolute Gasteiger partial charge is 0.331 e. The number of hydrogen-bond donors (Lipinski definition) is 0. The third-order valence-corrected chi connectivity index (χ3v) is 3.74. The van der Waals surface area contributed by atoms with E-state index in [1.807, 2.05) is 0 Å². The van der Waals surface area contributed by atoms with Gasteiger partial charge in [0.2, 0.25) is 0 Å². The highest BCUT2D eigenvalue weighted by Gasteiger charge is 2.21. The van der Waals surface area contributed by atoms with Crippen LogP contribution in [-0.2, 0) is 14.3 Å². The Labute approximate surface area is 110 Å². The lowest BCUT2D eigenvalue weighted by Gasteiger charge is -2.19. The molecule has 3 nitrogen and oxygen atoms in total. The molecule has 1 fully saturated rings. The number of carbonyl (C=O) groups is 2. The number of halogens is 1. The van der Waals surface area contributed by atoms with Gasteiger partial charge in [0.25, 0.3) is 0 Å². The monoisotopic (exact) mass is 336 g/mol. The van der Waals surface area contributed by atoms with Crippen molar-refractivity contribution < 1.29 is 14.3 Å². The first-order valence-electron chi connectivity index (χ1n) is 5.60. The normalized spacial score (nSPS) is 22.0. The van der Waals surface area contributed by atoms with Crippen molar-refractivity contribution in [2.45, 2.75) is 38.5 Å². The summed E-state index contributed by atoms with van der Waals surface area (Å²) in [6.45, 7) is 0. The van der Waals surface area contributed by atoms with Gasteiger partial charge in [-0.1, -0.05) is 6.42 Å². The molecule has 16 heavy (non-hydrogen) atoms. The molecule has 1 unspecified atom stereocenters. The van der Waals surface area contributed by atoms with E-state index in [-0.39, 0.29) is 11.9 Å². The van der Waals surface area contributed by atoms with Gasteiger partial charge >= 0.3 is 5.97 Å². The summed E-state index contributed by atoms with van der Waals surface area (Å²) in [7, 11) is 1.37. The van der Waals surface area contributed by atoms with E-state index in [9.17, 15) is 9.59 Å². The molecule has 0 bridgehead atoms. The molecule has 1 rings (SSSR count). The van der Waals surface area contributed by atoms with Crippen LogP contribution in [0.15, 0.2) is 9.66 Å². The highest BCUT2D eigenvalue weighted by atomic mass is 127. The van der Waals surface area contributed by atoms with Crippen molar-refractivity contribution in [1.29, 1.82) is 0 Å². The van der Waals surface area contributed by atoms with Crippen LogP contribution in [-0.4, -0.2) is 18.9 Å². The van der Waals surface area contributed by atoms with Gasteiger partial charge in [0.05, 0.1) is 7.11 Å². The molecule has 4 heteroatoms.